The molecule has 5 nitrogen and oxygen atoms in total. The Labute approximate surface area is 147 Å². The summed E-state index contributed by atoms with van der Waals surface area (Å²) in [6, 6.07) is 8.54. The maximum atomic E-state index is 12.6. The number of halogens is 1. The van der Waals surface area contributed by atoms with E-state index in [2.05, 4.69) is 5.32 Å². The van der Waals surface area contributed by atoms with E-state index in [9.17, 15) is 9.59 Å². The molecule has 1 aromatic carbocycles. The molecular weight excluding hydrogens is 326 g/mol. The van der Waals surface area contributed by atoms with Crippen LogP contribution in [0.3, 0.4) is 0 Å². The maximum absolute atomic E-state index is 12.6. The number of aromatic nitrogens is 1. The number of amides is 2. The quantitative estimate of drug-likeness (QED) is 0.924. The summed E-state index contributed by atoms with van der Waals surface area (Å²) >= 11 is 5.93. The van der Waals surface area contributed by atoms with E-state index in [-0.39, 0.29) is 17.4 Å². The zero-order valence-corrected chi connectivity index (χ0v) is 15.3. The first-order valence-electron chi connectivity index (χ1n) is 7.61. The van der Waals surface area contributed by atoms with Crippen LogP contribution in [0.5, 0.6) is 0 Å². The highest BCUT2D eigenvalue weighted by atomic mass is 35.5. The zero-order valence-electron chi connectivity index (χ0n) is 14.6. The van der Waals surface area contributed by atoms with Crippen molar-refractivity contribution >= 4 is 29.1 Å². The van der Waals surface area contributed by atoms with Crippen LogP contribution >= 0.6 is 11.6 Å². The largest absolute Gasteiger partial charge is 0.347 e. The van der Waals surface area contributed by atoms with Crippen LogP contribution in [0.15, 0.2) is 36.5 Å². The third kappa shape index (κ3) is 4.17. The number of anilines is 1. The van der Waals surface area contributed by atoms with Crippen LogP contribution in [0.25, 0.3) is 0 Å². The Balaban J connectivity index is 2.17. The smallest absolute Gasteiger partial charge is 0.274 e. The Bertz CT molecular complexity index is 758. The second-order valence-corrected chi connectivity index (χ2v) is 7.21. The number of carbonyl (C=O) groups excluding carboxylic acids is 2. The van der Waals surface area contributed by atoms with E-state index in [4.69, 9.17) is 11.6 Å². The van der Waals surface area contributed by atoms with Gasteiger partial charge in [-0.2, -0.15) is 0 Å². The number of nitrogens with one attached hydrogen (secondary N) is 1. The Morgan fingerprint density at radius 1 is 1.17 bits per heavy atom. The maximum Gasteiger partial charge on any atom is 0.274 e. The van der Waals surface area contributed by atoms with Crippen LogP contribution in [0, 0.1) is 0 Å². The van der Waals surface area contributed by atoms with Gasteiger partial charge in [-0.15, -0.1) is 0 Å². The van der Waals surface area contributed by atoms with Crippen molar-refractivity contribution in [2.24, 2.45) is 7.05 Å². The van der Waals surface area contributed by atoms with Crippen molar-refractivity contribution in [3.63, 3.8) is 0 Å². The summed E-state index contributed by atoms with van der Waals surface area (Å²) < 4.78 is 1.69. The molecule has 0 spiro atoms. The third-order valence-electron chi connectivity index (χ3n) is 3.50. The average molecular weight is 348 g/mol. The number of nitrogens with zero attached hydrogens (tertiary/aromatic N) is 2. The van der Waals surface area contributed by atoms with E-state index >= 15 is 0 Å². The van der Waals surface area contributed by atoms with Gasteiger partial charge in [0.2, 0.25) is 0 Å². The van der Waals surface area contributed by atoms with Gasteiger partial charge in [-0.25, -0.2) is 0 Å². The van der Waals surface area contributed by atoms with Gasteiger partial charge in [0.05, 0.1) is 5.02 Å². The summed E-state index contributed by atoms with van der Waals surface area (Å²) in [5.74, 6) is -0.312. The molecule has 1 heterocycles. The van der Waals surface area contributed by atoms with Crippen molar-refractivity contribution < 1.29 is 9.59 Å². The molecule has 0 radical (unpaired) electrons. The van der Waals surface area contributed by atoms with Crippen LogP contribution in [-0.4, -0.2) is 29.0 Å². The van der Waals surface area contributed by atoms with Crippen LogP contribution in [0.4, 0.5) is 5.69 Å². The molecule has 0 atom stereocenters. The number of rotatable bonds is 3. The van der Waals surface area contributed by atoms with Gasteiger partial charge in [0.25, 0.3) is 11.8 Å². The third-order valence-corrected chi connectivity index (χ3v) is 3.71. The van der Waals surface area contributed by atoms with Gasteiger partial charge in [-0.3, -0.25) is 9.59 Å². The zero-order chi connectivity index (χ0) is 18.1. The average Bonchev–Trinajstić information content (AvgIpc) is 2.83. The lowest BCUT2D eigenvalue weighted by Gasteiger charge is -2.21. The molecule has 1 N–H and O–H groups in total. The second-order valence-electron chi connectivity index (χ2n) is 6.77. The summed E-state index contributed by atoms with van der Waals surface area (Å²) in [7, 11) is 3.46. The molecule has 128 valence electrons. The second kappa shape index (κ2) is 6.69. The Morgan fingerprint density at radius 3 is 2.21 bits per heavy atom. The summed E-state index contributed by atoms with van der Waals surface area (Å²) in [5, 5.41) is 3.42. The van der Waals surface area contributed by atoms with Crippen molar-refractivity contribution in [2.45, 2.75) is 26.3 Å². The van der Waals surface area contributed by atoms with Crippen molar-refractivity contribution in [1.29, 1.82) is 0 Å². The fourth-order valence-corrected chi connectivity index (χ4v) is 2.52. The molecule has 0 aliphatic heterocycles. The van der Waals surface area contributed by atoms with Gasteiger partial charge < -0.3 is 14.8 Å². The van der Waals surface area contributed by atoms with Gasteiger partial charge in [0, 0.05) is 37.1 Å². The Morgan fingerprint density at radius 2 is 1.75 bits per heavy atom. The van der Waals surface area contributed by atoms with Crippen molar-refractivity contribution in [2.75, 3.05) is 11.9 Å². The number of benzene rings is 1. The lowest BCUT2D eigenvalue weighted by Crippen LogP contribution is -2.40. The van der Waals surface area contributed by atoms with Gasteiger partial charge in [-0.1, -0.05) is 11.6 Å². The Kier molecular flexibility index (Phi) is 5.04. The minimum Gasteiger partial charge on any atom is -0.347 e. The molecule has 0 fully saturated rings. The van der Waals surface area contributed by atoms with Gasteiger partial charge in [0.15, 0.2) is 0 Å². The molecule has 24 heavy (non-hydrogen) atoms. The first-order valence-corrected chi connectivity index (χ1v) is 7.99. The molecule has 0 bridgehead atoms. The normalized spacial score (nSPS) is 11.2. The fraction of sp³-hybridized carbons (Fsp3) is 0.333. The minimum atomic E-state index is -0.297. The van der Waals surface area contributed by atoms with E-state index < -0.39 is 0 Å². The van der Waals surface area contributed by atoms with Crippen LogP contribution in [0.1, 0.15) is 41.6 Å². The highest BCUT2D eigenvalue weighted by Gasteiger charge is 2.19. The van der Waals surface area contributed by atoms with Gasteiger partial charge >= 0.3 is 0 Å². The molecule has 0 aliphatic rings. The molecule has 2 rings (SSSR count). The standard InChI is InChI=1S/C18H22ClN3O2/c1-18(2,3)20-16(23)12-6-8-14(9-7-12)22(5)17(24)15-10-13(19)11-21(15)4/h6-11H,1-5H3,(H,20,23). The summed E-state index contributed by atoms with van der Waals surface area (Å²) in [5.41, 5.74) is 1.45. The lowest BCUT2D eigenvalue weighted by atomic mass is 10.1. The van der Waals surface area contributed by atoms with Crippen LogP contribution in [0.2, 0.25) is 5.02 Å². The molecular formula is C18H22ClN3O2. The molecule has 0 saturated carbocycles. The van der Waals surface area contributed by atoms with Gasteiger partial charge in [-0.05, 0) is 51.1 Å². The molecule has 0 unspecified atom stereocenters. The summed E-state index contributed by atoms with van der Waals surface area (Å²) in [4.78, 5) is 26.2. The van der Waals surface area contributed by atoms with E-state index in [1.54, 1.807) is 55.2 Å². The number of aryl methyl sites for hydroxylation is 1. The van der Waals surface area contributed by atoms with Crippen molar-refractivity contribution in [1.82, 2.24) is 9.88 Å². The van der Waals surface area contributed by atoms with Crippen LogP contribution in [-0.2, 0) is 7.05 Å². The predicted octanol–water partition coefficient (Wildman–Crippen LogP) is 3.48. The fourth-order valence-electron chi connectivity index (χ4n) is 2.28. The molecule has 2 amide bonds. The lowest BCUT2D eigenvalue weighted by molar-refractivity contribution is 0.0919. The molecule has 2 aromatic rings. The molecule has 6 heteroatoms. The Hall–Kier alpha value is -2.27. The van der Waals surface area contributed by atoms with E-state index in [1.165, 1.54) is 4.90 Å². The topological polar surface area (TPSA) is 54.3 Å². The number of carbonyl (C=O) groups is 2. The van der Waals surface area contributed by atoms with E-state index in [1.807, 2.05) is 20.8 Å². The van der Waals surface area contributed by atoms with E-state index in [0.717, 1.165) is 0 Å². The molecule has 0 saturated heterocycles. The van der Waals surface area contributed by atoms with E-state index in [0.29, 0.717) is 22.0 Å². The first-order chi connectivity index (χ1) is 11.1. The minimum absolute atomic E-state index is 0.141. The monoisotopic (exact) mass is 347 g/mol. The predicted molar refractivity (Wildman–Crippen MR) is 96.8 cm³/mol. The molecule has 0 aliphatic carbocycles. The SMILES string of the molecule is CN(C(=O)c1cc(Cl)cn1C)c1ccc(C(=O)NC(C)(C)C)cc1. The number of hydrogen-bond donors (Lipinski definition) is 1. The first kappa shape index (κ1) is 18.1. The van der Waals surface area contributed by atoms with Crippen molar-refractivity contribution in [3.8, 4) is 0 Å². The van der Waals surface area contributed by atoms with Crippen molar-refractivity contribution in [3.05, 3.63) is 52.8 Å². The summed E-state index contributed by atoms with van der Waals surface area (Å²) in [6.45, 7) is 5.78. The highest BCUT2D eigenvalue weighted by molar-refractivity contribution is 6.31. The number of hydrogen-bond acceptors (Lipinski definition) is 2. The van der Waals surface area contributed by atoms with Crippen LogP contribution < -0.4 is 10.2 Å². The van der Waals surface area contributed by atoms with Gasteiger partial charge in [0.1, 0.15) is 5.69 Å². The summed E-state index contributed by atoms with van der Waals surface area (Å²) in [6.07, 6.45) is 1.68. The highest BCUT2D eigenvalue weighted by Crippen LogP contribution is 2.19. The molecule has 1 aromatic heterocycles.